The molecule has 0 unspecified atom stereocenters. The molecule has 4 aromatic rings. The quantitative estimate of drug-likeness (QED) is 0.293. The van der Waals surface area contributed by atoms with Gasteiger partial charge >= 0.3 is 0 Å². The summed E-state index contributed by atoms with van der Waals surface area (Å²) in [5, 5.41) is 0. The van der Waals surface area contributed by atoms with Crippen molar-refractivity contribution in [3.8, 4) is 0 Å². The first kappa shape index (κ1) is 30.6. The second-order valence-electron chi connectivity index (χ2n) is 8.34. The molecule has 0 aromatic carbocycles. The molecular formula is C30H42N6. The molecule has 0 fully saturated rings. The maximum absolute atomic E-state index is 4.30. The zero-order valence-corrected chi connectivity index (χ0v) is 21.5. The average molecular weight is 487 g/mol. The van der Waals surface area contributed by atoms with Crippen molar-refractivity contribution in [1.82, 2.24) is 29.7 Å². The number of pyridine rings is 4. The lowest BCUT2D eigenvalue weighted by atomic mass is 10.3. The van der Waals surface area contributed by atoms with Crippen LogP contribution in [0.3, 0.4) is 0 Å². The van der Waals surface area contributed by atoms with Crippen LogP contribution < -0.4 is 0 Å². The van der Waals surface area contributed by atoms with Crippen molar-refractivity contribution in [3.05, 3.63) is 120 Å². The molecule has 0 saturated heterocycles. The summed E-state index contributed by atoms with van der Waals surface area (Å²) in [6.07, 6.45) is 8.54. The number of hydrogen-bond acceptors (Lipinski definition) is 6. The third-order valence-electron chi connectivity index (χ3n) is 4.63. The number of hydrogen-bond donors (Lipinski definition) is 0. The van der Waals surface area contributed by atoms with Gasteiger partial charge in [0.05, 0.1) is 22.8 Å². The minimum Gasteiger partial charge on any atom is -0.295 e. The summed E-state index contributed by atoms with van der Waals surface area (Å²) in [5.74, 6) is 0. The van der Waals surface area contributed by atoms with Crippen molar-refractivity contribution in [1.29, 1.82) is 0 Å². The highest BCUT2D eigenvalue weighted by Gasteiger charge is 2.03. The fourth-order valence-electron chi connectivity index (χ4n) is 3.18. The van der Waals surface area contributed by atoms with Crippen LogP contribution in [0.2, 0.25) is 0 Å². The van der Waals surface area contributed by atoms with Crippen molar-refractivity contribution >= 4 is 0 Å². The van der Waals surface area contributed by atoms with Crippen molar-refractivity contribution < 1.29 is 0 Å². The fraction of sp³-hybridized carbons (Fsp3) is 0.333. The van der Waals surface area contributed by atoms with Gasteiger partial charge in [0.2, 0.25) is 0 Å². The Kier molecular flexibility index (Phi) is 16.0. The molecule has 0 spiro atoms. The van der Waals surface area contributed by atoms with Gasteiger partial charge in [0.25, 0.3) is 0 Å². The van der Waals surface area contributed by atoms with E-state index in [-0.39, 0.29) is 7.43 Å². The molecule has 0 amide bonds. The molecule has 0 bridgehead atoms. The normalized spacial score (nSPS) is 9.94. The van der Waals surface area contributed by atoms with Crippen molar-refractivity contribution in [2.24, 2.45) is 0 Å². The van der Waals surface area contributed by atoms with Crippen LogP contribution in [0.25, 0.3) is 0 Å². The SMILES string of the molecule is C.CCC.CN(Cc1ccccn1)Cc1ccccn1.CN(Cc1ccccn1)Cc1ccccn1. The Morgan fingerprint density at radius 3 is 0.861 bits per heavy atom. The summed E-state index contributed by atoms with van der Waals surface area (Å²) in [6, 6.07) is 23.9. The molecule has 0 radical (unpaired) electrons. The highest BCUT2D eigenvalue weighted by Crippen LogP contribution is 2.04. The molecule has 192 valence electrons. The molecule has 0 aliphatic carbocycles. The van der Waals surface area contributed by atoms with E-state index in [0.29, 0.717) is 0 Å². The van der Waals surface area contributed by atoms with Crippen LogP contribution in [0.5, 0.6) is 0 Å². The van der Waals surface area contributed by atoms with E-state index in [1.807, 2.05) is 97.6 Å². The lowest BCUT2D eigenvalue weighted by molar-refractivity contribution is 0.311. The van der Waals surface area contributed by atoms with E-state index < -0.39 is 0 Å². The second-order valence-corrected chi connectivity index (χ2v) is 8.34. The predicted octanol–water partition coefficient (Wildman–Crippen LogP) is 6.27. The fourth-order valence-corrected chi connectivity index (χ4v) is 3.18. The summed E-state index contributed by atoms with van der Waals surface area (Å²) in [4.78, 5) is 21.6. The first-order valence-corrected chi connectivity index (χ1v) is 12.1. The number of nitrogens with zero attached hydrogens (tertiary/aromatic N) is 6. The number of aromatic nitrogens is 4. The summed E-state index contributed by atoms with van der Waals surface area (Å²) in [7, 11) is 4.15. The van der Waals surface area contributed by atoms with Crippen molar-refractivity contribution in [3.63, 3.8) is 0 Å². The van der Waals surface area contributed by atoms with Gasteiger partial charge in [-0.05, 0) is 62.6 Å². The monoisotopic (exact) mass is 486 g/mol. The minimum absolute atomic E-state index is 0. The molecule has 0 aliphatic rings. The summed E-state index contributed by atoms with van der Waals surface area (Å²) < 4.78 is 0. The first-order chi connectivity index (χ1) is 17.1. The van der Waals surface area contributed by atoms with Gasteiger partial charge in [-0.3, -0.25) is 29.7 Å². The molecule has 4 rings (SSSR count). The molecule has 6 heteroatoms. The van der Waals surface area contributed by atoms with Gasteiger partial charge in [-0.1, -0.05) is 52.0 Å². The molecular weight excluding hydrogens is 444 g/mol. The molecule has 0 aliphatic heterocycles. The summed E-state index contributed by atoms with van der Waals surface area (Å²) in [5.41, 5.74) is 4.34. The molecule has 0 N–H and O–H groups in total. The third kappa shape index (κ3) is 13.4. The molecule has 36 heavy (non-hydrogen) atoms. The Hall–Kier alpha value is -3.48. The van der Waals surface area contributed by atoms with E-state index in [1.54, 1.807) is 0 Å². The molecule has 0 atom stereocenters. The zero-order chi connectivity index (χ0) is 25.1. The van der Waals surface area contributed by atoms with Gasteiger partial charge in [0, 0.05) is 51.0 Å². The Balaban J connectivity index is 0.000000317. The van der Waals surface area contributed by atoms with Gasteiger partial charge in [0.1, 0.15) is 0 Å². The number of rotatable bonds is 8. The lowest BCUT2D eigenvalue weighted by Gasteiger charge is -2.15. The maximum atomic E-state index is 4.30. The van der Waals surface area contributed by atoms with Crippen LogP contribution in [-0.4, -0.2) is 43.8 Å². The smallest absolute Gasteiger partial charge is 0.0543 e. The Bertz CT molecular complexity index is 846. The van der Waals surface area contributed by atoms with Crippen LogP contribution in [0, 0.1) is 0 Å². The molecule has 4 heterocycles. The predicted molar refractivity (Wildman–Crippen MR) is 150 cm³/mol. The lowest BCUT2D eigenvalue weighted by Crippen LogP contribution is -2.18. The summed E-state index contributed by atoms with van der Waals surface area (Å²) in [6.45, 7) is 7.63. The van der Waals surface area contributed by atoms with E-state index in [1.165, 1.54) is 6.42 Å². The van der Waals surface area contributed by atoms with E-state index in [2.05, 4.69) is 57.7 Å². The molecule has 0 saturated carbocycles. The maximum Gasteiger partial charge on any atom is 0.0543 e. The zero-order valence-electron chi connectivity index (χ0n) is 21.5. The Morgan fingerprint density at radius 1 is 0.472 bits per heavy atom. The van der Waals surface area contributed by atoms with Gasteiger partial charge in [-0.2, -0.15) is 0 Å². The van der Waals surface area contributed by atoms with E-state index in [9.17, 15) is 0 Å². The van der Waals surface area contributed by atoms with E-state index in [4.69, 9.17) is 0 Å². The van der Waals surface area contributed by atoms with Crippen LogP contribution in [0.15, 0.2) is 97.6 Å². The first-order valence-electron chi connectivity index (χ1n) is 12.1. The van der Waals surface area contributed by atoms with Crippen LogP contribution >= 0.6 is 0 Å². The van der Waals surface area contributed by atoms with E-state index >= 15 is 0 Å². The minimum atomic E-state index is 0. The van der Waals surface area contributed by atoms with Gasteiger partial charge in [-0.25, -0.2) is 0 Å². The Morgan fingerprint density at radius 2 is 0.694 bits per heavy atom. The Labute approximate surface area is 218 Å². The van der Waals surface area contributed by atoms with Crippen LogP contribution in [0.4, 0.5) is 0 Å². The molecule has 6 nitrogen and oxygen atoms in total. The van der Waals surface area contributed by atoms with Crippen LogP contribution in [0.1, 0.15) is 50.5 Å². The van der Waals surface area contributed by atoms with Crippen molar-refractivity contribution in [2.75, 3.05) is 14.1 Å². The topological polar surface area (TPSA) is 58.0 Å². The van der Waals surface area contributed by atoms with Crippen LogP contribution in [-0.2, 0) is 26.2 Å². The summed E-state index contributed by atoms with van der Waals surface area (Å²) >= 11 is 0. The third-order valence-corrected chi connectivity index (χ3v) is 4.63. The molecule has 4 aromatic heterocycles. The average Bonchev–Trinajstić information content (AvgIpc) is 2.87. The van der Waals surface area contributed by atoms with E-state index in [0.717, 1.165) is 49.0 Å². The van der Waals surface area contributed by atoms with Gasteiger partial charge in [-0.15, -0.1) is 0 Å². The van der Waals surface area contributed by atoms with Crippen molar-refractivity contribution in [2.45, 2.75) is 53.9 Å². The van der Waals surface area contributed by atoms with Gasteiger partial charge in [0.15, 0.2) is 0 Å². The van der Waals surface area contributed by atoms with Gasteiger partial charge < -0.3 is 0 Å². The highest BCUT2D eigenvalue weighted by atomic mass is 15.1. The largest absolute Gasteiger partial charge is 0.295 e. The second kappa shape index (κ2) is 18.8. The highest BCUT2D eigenvalue weighted by molar-refractivity contribution is 5.07. The standard InChI is InChI=1S/2C13H15N3.C3H8.CH4/c2*1-16(10-12-6-2-4-8-14-12)11-13-7-3-5-9-15-13;1-3-2;/h2*2-9H,10-11H2,1H3;3H2,1-2H3;1H4.